The second-order valence-corrected chi connectivity index (χ2v) is 9.83. The van der Waals surface area contributed by atoms with Crippen LogP contribution in [0.15, 0.2) is 76.8 Å². The molecule has 3 heterocycles. The average Bonchev–Trinajstić information content (AvgIpc) is 3.50. The largest absolute Gasteiger partial charge is 0.432 e. The Bertz CT molecular complexity index is 1260. The molecule has 1 saturated heterocycles. The monoisotopic (exact) mass is 421 g/mol. The van der Waals surface area contributed by atoms with Gasteiger partial charge >= 0.3 is 0 Å². The van der Waals surface area contributed by atoms with E-state index in [1.54, 1.807) is 0 Å². The van der Waals surface area contributed by atoms with Crippen molar-refractivity contribution in [2.24, 2.45) is 0 Å². The third kappa shape index (κ3) is 3.78. The quantitative estimate of drug-likeness (QED) is 0.507. The highest BCUT2D eigenvalue weighted by Crippen LogP contribution is 2.30. The summed E-state index contributed by atoms with van der Waals surface area (Å²) in [6, 6.07) is 16.3. The van der Waals surface area contributed by atoms with Gasteiger partial charge in [0.15, 0.2) is 6.39 Å². The molecule has 1 unspecified atom stereocenters. The van der Waals surface area contributed by atoms with Gasteiger partial charge in [-0.25, -0.2) is 13.4 Å². The van der Waals surface area contributed by atoms with Crippen LogP contribution in [0.1, 0.15) is 29.0 Å². The number of H-pyrrole nitrogens is 1. The van der Waals surface area contributed by atoms with E-state index in [0.29, 0.717) is 5.92 Å². The molecule has 1 N–H and O–H groups in total. The predicted molar refractivity (Wildman–Crippen MR) is 115 cm³/mol. The number of oxazole rings is 1. The van der Waals surface area contributed by atoms with Crippen LogP contribution in [0, 0.1) is 0 Å². The van der Waals surface area contributed by atoms with Gasteiger partial charge in [0.25, 0.3) is 0 Å². The number of fused-ring (bicyclic) bond motifs is 1. The van der Waals surface area contributed by atoms with Gasteiger partial charge in [-0.3, -0.25) is 4.90 Å². The Balaban J connectivity index is 1.28. The molecule has 1 fully saturated rings. The van der Waals surface area contributed by atoms with E-state index < -0.39 is 9.84 Å². The molecule has 2 aromatic carbocycles. The maximum absolute atomic E-state index is 12.5. The maximum Gasteiger partial charge on any atom is 0.238 e. The SMILES string of the molecule is O=S(=O)(Cc1cccc(C2CCN(Cc3c[nH]c4ccccc34)C2)c1)c1cnco1. The van der Waals surface area contributed by atoms with E-state index >= 15 is 0 Å². The Morgan fingerprint density at radius 3 is 2.93 bits per heavy atom. The molecule has 4 aromatic rings. The summed E-state index contributed by atoms with van der Waals surface area (Å²) >= 11 is 0. The van der Waals surface area contributed by atoms with Gasteiger partial charge in [0.05, 0.1) is 11.9 Å². The van der Waals surface area contributed by atoms with Crippen LogP contribution in [-0.2, 0) is 22.1 Å². The first-order valence-electron chi connectivity index (χ1n) is 10.1. The zero-order valence-electron chi connectivity index (χ0n) is 16.5. The first kappa shape index (κ1) is 19.1. The Labute approximate surface area is 175 Å². The van der Waals surface area contributed by atoms with Crippen LogP contribution in [0.5, 0.6) is 0 Å². The van der Waals surface area contributed by atoms with Crippen molar-refractivity contribution in [1.82, 2.24) is 14.9 Å². The fourth-order valence-electron chi connectivity index (χ4n) is 4.34. The Kier molecular flexibility index (Phi) is 4.92. The van der Waals surface area contributed by atoms with Crippen LogP contribution in [0.3, 0.4) is 0 Å². The zero-order chi connectivity index (χ0) is 20.6. The molecular weight excluding hydrogens is 398 g/mol. The van der Waals surface area contributed by atoms with Gasteiger partial charge in [0.2, 0.25) is 14.9 Å². The average molecular weight is 422 g/mol. The standard InChI is InChI=1S/C23H23N3O3S/c27-30(28,23-12-24-16-29-23)15-17-4-3-5-18(10-17)19-8-9-26(13-19)14-20-11-25-22-7-2-1-6-21(20)22/h1-7,10-12,16,19,25H,8-9,13-15H2. The zero-order valence-corrected chi connectivity index (χ0v) is 17.3. The number of sulfone groups is 1. The third-order valence-electron chi connectivity index (χ3n) is 5.84. The summed E-state index contributed by atoms with van der Waals surface area (Å²) in [5.74, 6) is 0.324. The summed E-state index contributed by atoms with van der Waals surface area (Å²) < 4.78 is 30.0. The van der Waals surface area contributed by atoms with Gasteiger partial charge in [0.1, 0.15) is 0 Å². The lowest BCUT2D eigenvalue weighted by Crippen LogP contribution is -2.19. The summed E-state index contributed by atoms with van der Waals surface area (Å²) in [7, 11) is -3.52. The number of benzene rings is 2. The second-order valence-electron chi connectivity index (χ2n) is 7.90. The van der Waals surface area contributed by atoms with E-state index in [1.165, 1.54) is 28.2 Å². The molecule has 0 bridgehead atoms. The molecule has 0 amide bonds. The number of aromatic amines is 1. The fourth-order valence-corrected chi connectivity index (χ4v) is 5.51. The summed E-state index contributed by atoms with van der Waals surface area (Å²) in [4.78, 5) is 9.54. The van der Waals surface area contributed by atoms with Crippen molar-refractivity contribution in [3.63, 3.8) is 0 Å². The van der Waals surface area contributed by atoms with Crippen molar-refractivity contribution < 1.29 is 12.8 Å². The summed E-state index contributed by atoms with van der Waals surface area (Å²) in [6.45, 7) is 2.92. The van der Waals surface area contributed by atoms with Gasteiger partial charge < -0.3 is 9.40 Å². The molecule has 2 aromatic heterocycles. The van der Waals surface area contributed by atoms with E-state index in [4.69, 9.17) is 4.42 Å². The topological polar surface area (TPSA) is 79.2 Å². The van der Waals surface area contributed by atoms with Gasteiger partial charge in [-0.15, -0.1) is 0 Å². The molecule has 0 radical (unpaired) electrons. The normalized spacial score (nSPS) is 17.7. The van der Waals surface area contributed by atoms with E-state index in [2.05, 4.69) is 45.3 Å². The van der Waals surface area contributed by atoms with Gasteiger partial charge in [0, 0.05) is 30.2 Å². The first-order valence-corrected chi connectivity index (χ1v) is 11.7. The molecule has 5 rings (SSSR count). The molecule has 7 heteroatoms. The number of para-hydroxylation sites is 1. The van der Waals surface area contributed by atoms with Crippen molar-refractivity contribution in [3.05, 3.63) is 84.0 Å². The summed E-state index contributed by atoms with van der Waals surface area (Å²) in [5.41, 5.74) is 4.46. The van der Waals surface area contributed by atoms with Crippen molar-refractivity contribution >= 4 is 20.7 Å². The van der Waals surface area contributed by atoms with Crippen LogP contribution in [0.25, 0.3) is 10.9 Å². The van der Waals surface area contributed by atoms with Gasteiger partial charge in [-0.05, 0) is 41.6 Å². The molecule has 0 saturated carbocycles. The minimum Gasteiger partial charge on any atom is -0.432 e. The molecule has 1 atom stereocenters. The number of hydrogen-bond acceptors (Lipinski definition) is 5. The molecule has 30 heavy (non-hydrogen) atoms. The lowest BCUT2D eigenvalue weighted by Gasteiger charge is -2.16. The molecule has 1 aliphatic heterocycles. The highest BCUT2D eigenvalue weighted by atomic mass is 32.2. The second kappa shape index (κ2) is 7.74. The highest BCUT2D eigenvalue weighted by Gasteiger charge is 2.25. The fraction of sp³-hybridized carbons (Fsp3) is 0.261. The van der Waals surface area contributed by atoms with Crippen molar-refractivity contribution in [3.8, 4) is 0 Å². The predicted octanol–water partition coefficient (Wildman–Crippen LogP) is 4.12. The smallest absolute Gasteiger partial charge is 0.238 e. The number of hydrogen-bond donors (Lipinski definition) is 1. The molecule has 1 aliphatic rings. The summed E-state index contributed by atoms with van der Waals surface area (Å²) in [5, 5.41) is 1.19. The van der Waals surface area contributed by atoms with Crippen LogP contribution < -0.4 is 0 Å². The van der Waals surface area contributed by atoms with E-state index in [9.17, 15) is 8.42 Å². The highest BCUT2D eigenvalue weighted by molar-refractivity contribution is 7.90. The van der Waals surface area contributed by atoms with E-state index in [-0.39, 0.29) is 10.8 Å². The van der Waals surface area contributed by atoms with Crippen molar-refractivity contribution in [2.75, 3.05) is 13.1 Å². The first-order chi connectivity index (χ1) is 14.6. The number of nitrogens with one attached hydrogen (secondary N) is 1. The summed E-state index contributed by atoms with van der Waals surface area (Å²) in [6.07, 6.45) is 5.57. The number of nitrogens with zero attached hydrogens (tertiary/aromatic N) is 2. The lowest BCUT2D eigenvalue weighted by molar-refractivity contribution is 0.328. The van der Waals surface area contributed by atoms with Crippen LogP contribution >= 0.6 is 0 Å². The number of aromatic nitrogens is 2. The Morgan fingerprint density at radius 1 is 1.17 bits per heavy atom. The van der Waals surface area contributed by atoms with Crippen LogP contribution in [0.2, 0.25) is 0 Å². The minimum absolute atomic E-state index is 0.0815. The van der Waals surface area contributed by atoms with E-state index in [1.807, 2.05) is 24.3 Å². The van der Waals surface area contributed by atoms with Crippen molar-refractivity contribution in [1.29, 1.82) is 0 Å². The number of likely N-dealkylation sites (tertiary alicyclic amines) is 1. The maximum atomic E-state index is 12.5. The molecular formula is C23H23N3O3S. The Morgan fingerprint density at radius 2 is 2.07 bits per heavy atom. The molecule has 0 aliphatic carbocycles. The molecule has 6 nitrogen and oxygen atoms in total. The van der Waals surface area contributed by atoms with Gasteiger partial charge in [-0.2, -0.15) is 0 Å². The van der Waals surface area contributed by atoms with Gasteiger partial charge in [-0.1, -0.05) is 42.5 Å². The lowest BCUT2D eigenvalue weighted by atomic mass is 9.97. The third-order valence-corrected chi connectivity index (χ3v) is 7.36. The van der Waals surface area contributed by atoms with Crippen LogP contribution in [-0.4, -0.2) is 36.4 Å². The molecule has 154 valence electrons. The Hall–Kier alpha value is -2.90. The van der Waals surface area contributed by atoms with Crippen molar-refractivity contribution in [2.45, 2.75) is 29.7 Å². The van der Waals surface area contributed by atoms with Crippen LogP contribution in [0.4, 0.5) is 0 Å². The number of rotatable bonds is 6. The van der Waals surface area contributed by atoms with E-state index in [0.717, 1.165) is 38.0 Å². The minimum atomic E-state index is -3.52. The molecule has 0 spiro atoms.